The molecule has 4 rings (SSSR count). The fourth-order valence-electron chi connectivity index (χ4n) is 3.12. The number of aromatic nitrogens is 4. The van der Waals surface area contributed by atoms with Gasteiger partial charge >= 0.3 is 0 Å². The molecule has 6 nitrogen and oxygen atoms in total. The lowest BCUT2D eigenvalue weighted by Gasteiger charge is -2.23. The summed E-state index contributed by atoms with van der Waals surface area (Å²) >= 11 is 3.22. The smallest absolute Gasteiger partial charge is 0.205 e. The van der Waals surface area contributed by atoms with Crippen molar-refractivity contribution in [3.63, 3.8) is 0 Å². The third kappa shape index (κ3) is 3.32. The highest BCUT2D eigenvalue weighted by molar-refractivity contribution is 7.16. The van der Waals surface area contributed by atoms with E-state index in [4.69, 9.17) is 4.98 Å². The van der Waals surface area contributed by atoms with E-state index in [1.54, 1.807) is 11.3 Å². The SMILES string of the molecule is CCc1nsc(N2CCCN(c3nc(CC)nc4sccc34)CC2)n1. The predicted molar refractivity (Wildman–Crippen MR) is 105 cm³/mol. The Bertz CT molecular complexity index is 858. The maximum Gasteiger partial charge on any atom is 0.205 e. The summed E-state index contributed by atoms with van der Waals surface area (Å²) in [6, 6.07) is 2.15. The van der Waals surface area contributed by atoms with E-state index >= 15 is 0 Å². The molecule has 1 fully saturated rings. The molecule has 0 atom stereocenters. The van der Waals surface area contributed by atoms with Crippen LogP contribution >= 0.6 is 22.9 Å². The number of thiophene rings is 1. The van der Waals surface area contributed by atoms with E-state index in [2.05, 4.69) is 49.4 Å². The molecule has 0 unspecified atom stereocenters. The molecule has 0 radical (unpaired) electrons. The van der Waals surface area contributed by atoms with Crippen molar-refractivity contribution in [1.29, 1.82) is 0 Å². The van der Waals surface area contributed by atoms with E-state index in [9.17, 15) is 0 Å². The van der Waals surface area contributed by atoms with Gasteiger partial charge in [0.25, 0.3) is 0 Å². The molecule has 3 aromatic heterocycles. The normalized spacial score (nSPS) is 15.8. The molecule has 0 bridgehead atoms. The van der Waals surface area contributed by atoms with Crippen molar-refractivity contribution in [2.24, 2.45) is 0 Å². The van der Waals surface area contributed by atoms with Gasteiger partial charge in [0.1, 0.15) is 22.3 Å². The zero-order chi connectivity index (χ0) is 17.2. The highest BCUT2D eigenvalue weighted by atomic mass is 32.1. The Balaban J connectivity index is 1.57. The molecule has 0 aliphatic carbocycles. The van der Waals surface area contributed by atoms with Crippen LogP contribution in [0, 0.1) is 0 Å². The largest absolute Gasteiger partial charge is 0.354 e. The third-order valence-electron chi connectivity index (χ3n) is 4.51. The lowest BCUT2D eigenvalue weighted by atomic mass is 10.3. The highest BCUT2D eigenvalue weighted by Gasteiger charge is 2.21. The standard InChI is InChI=1S/C17H22N6S2/c1-3-13-18-15(12-6-11-24-16(12)19-13)22-7-5-8-23(10-9-22)17-20-14(4-2)21-25-17/h6,11H,3-5,7-10H2,1-2H3. The fourth-order valence-corrected chi connectivity index (χ4v) is 4.70. The summed E-state index contributed by atoms with van der Waals surface area (Å²) in [5.41, 5.74) is 0. The lowest BCUT2D eigenvalue weighted by molar-refractivity contribution is 0.792. The number of nitrogens with zero attached hydrogens (tertiary/aromatic N) is 6. The Kier molecular flexibility index (Phi) is 4.80. The molecule has 0 N–H and O–H groups in total. The minimum atomic E-state index is 0.866. The van der Waals surface area contributed by atoms with Crippen LogP contribution in [0.1, 0.15) is 31.9 Å². The van der Waals surface area contributed by atoms with Gasteiger partial charge in [-0.1, -0.05) is 13.8 Å². The van der Waals surface area contributed by atoms with Crippen molar-refractivity contribution in [2.75, 3.05) is 36.0 Å². The number of fused-ring (bicyclic) bond motifs is 1. The van der Waals surface area contributed by atoms with Gasteiger partial charge in [0.05, 0.1) is 5.39 Å². The second-order valence-electron chi connectivity index (χ2n) is 6.13. The van der Waals surface area contributed by atoms with Crippen molar-refractivity contribution in [3.8, 4) is 0 Å². The molecule has 3 aromatic rings. The number of rotatable bonds is 4. The second kappa shape index (κ2) is 7.21. The summed E-state index contributed by atoms with van der Waals surface area (Å²) in [6.07, 6.45) is 2.86. The maximum absolute atomic E-state index is 4.85. The van der Waals surface area contributed by atoms with Crippen LogP contribution in [0.2, 0.25) is 0 Å². The Morgan fingerprint density at radius 2 is 1.76 bits per heavy atom. The molecule has 25 heavy (non-hydrogen) atoms. The van der Waals surface area contributed by atoms with Crippen molar-refractivity contribution in [2.45, 2.75) is 33.1 Å². The maximum atomic E-state index is 4.85. The van der Waals surface area contributed by atoms with Crippen molar-refractivity contribution in [1.82, 2.24) is 19.3 Å². The minimum absolute atomic E-state index is 0.866. The van der Waals surface area contributed by atoms with Crippen molar-refractivity contribution < 1.29 is 0 Å². The molecule has 1 saturated heterocycles. The zero-order valence-corrected chi connectivity index (χ0v) is 16.2. The number of hydrogen-bond donors (Lipinski definition) is 0. The average Bonchev–Trinajstić information content (AvgIpc) is 3.25. The molecule has 0 spiro atoms. The molecule has 1 aliphatic heterocycles. The molecular formula is C17H22N6S2. The van der Waals surface area contributed by atoms with Crippen molar-refractivity contribution in [3.05, 3.63) is 23.1 Å². The monoisotopic (exact) mass is 374 g/mol. The summed E-state index contributed by atoms with van der Waals surface area (Å²) in [5.74, 6) is 2.98. The second-order valence-corrected chi connectivity index (χ2v) is 7.76. The summed E-state index contributed by atoms with van der Waals surface area (Å²) in [4.78, 5) is 20.0. The summed E-state index contributed by atoms with van der Waals surface area (Å²) < 4.78 is 4.43. The van der Waals surface area contributed by atoms with Gasteiger partial charge in [-0.05, 0) is 17.9 Å². The van der Waals surface area contributed by atoms with Gasteiger partial charge < -0.3 is 9.80 Å². The topological polar surface area (TPSA) is 58.0 Å². The lowest BCUT2D eigenvalue weighted by Crippen LogP contribution is -2.31. The van der Waals surface area contributed by atoms with Crippen LogP contribution in [-0.2, 0) is 12.8 Å². The van der Waals surface area contributed by atoms with Gasteiger partial charge in [-0.15, -0.1) is 11.3 Å². The highest BCUT2D eigenvalue weighted by Crippen LogP contribution is 2.29. The Labute approximate surface area is 155 Å². The number of hydrogen-bond acceptors (Lipinski definition) is 8. The zero-order valence-electron chi connectivity index (χ0n) is 14.6. The first-order valence-electron chi connectivity index (χ1n) is 8.85. The molecule has 8 heteroatoms. The Morgan fingerprint density at radius 1 is 0.960 bits per heavy atom. The number of anilines is 2. The first-order valence-corrected chi connectivity index (χ1v) is 10.5. The van der Waals surface area contributed by atoms with Gasteiger partial charge in [0, 0.05) is 50.6 Å². The third-order valence-corrected chi connectivity index (χ3v) is 6.13. The van der Waals surface area contributed by atoms with Crippen molar-refractivity contribution >= 4 is 44.0 Å². The number of aryl methyl sites for hydroxylation is 2. The predicted octanol–water partition coefficient (Wildman–Crippen LogP) is 3.38. The van der Waals surface area contributed by atoms with E-state index in [1.165, 1.54) is 16.9 Å². The van der Waals surface area contributed by atoms with Gasteiger partial charge in [-0.2, -0.15) is 4.37 Å². The van der Waals surface area contributed by atoms with E-state index in [-0.39, 0.29) is 0 Å². The van der Waals surface area contributed by atoms with E-state index < -0.39 is 0 Å². The van der Waals surface area contributed by atoms with Crippen LogP contribution in [0.4, 0.5) is 10.9 Å². The molecule has 0 aromatic carbocycles. The van der Waals surface area contributed by atoms with E-state index in [0.717, 1.165) is 72.9 Å². The Morgan fingerprint density at radius 3 is 2.56 bits per heavy atom. The van der Waals surface area contributed by atoms with Crippen LogP contribution in [0.15, 0.2) is 11.4 Å². The first-order chi connectivity index (χ1) is 12.3. The minimum Gasteiger partial charge on any atom is -0.354 e. The van der Waals surface area contributed by atoms with Gasteiger partial charge in [0.15, 0.2) is 0 Å². The van der Waals surface area contributed by atoms with Crippen LogP contribution in [0.5, 0.6) is 0 Å². The molecular weight excluding hydrogens is 352 g/mol. The fraction of sp³-hybridized carbons (Fsp3) is 0.529. The van der Waals surface area contributed by atoms with Gasteiger partial charge in [0.2, 0.25) is 5.13 Å². The molecule has 0 amide bonds. The van der Waals surface area contributed by atoms with Gasteiger partial charge in [-0.3, -0.25) is 0 Å². The van der Waals surface area contributed by atoms with Crippen LogP contribution in [0.3, 0.4) is 0 Å². The van der Waals surface area contributed by atoms with E-state index in [1.807, 2.05) is 0 Å². The first kappa shape index (κ1) is 16.7. The average molecular weight is 375 g/mol. The quantitative estimate of drug-likeness (QED) is 0.698. The van der Waals surface area contributed by atoms with Crippen LogP contribution in [-0.4, -0.2) is 45.5 Å². The van der Waals surface area contributed by atoms with Crippen LogP contribution < -0.4 is 9.80 Å². The molecule has 0 saturated carbocycles. The van der Waals surface area contributed by atoms with E-state index in [0.29, 0.717) is 0 Å². The van der Waals surface area contributed by atoms with Gasteiger partial charge in [-0.25, -0.2) is 15.0 Å². The Hall–Kier alpha value is -1.80. The molecule has 132 valence electrons. The molecule has 4 heterocycles. The summed E-state index contributed by atoms with van der Waals surface area (Å²) in [6.45, 7) is 8.15. The summed E-state index contributed by atoms with van der Waals surface area (Å²) in [5, 5.41) is 4.34. The molecule has 1 aliphatic rings. The van der Waals surface area contributed by atoms with Crippen LogP contribution in [0.25, 0.3) is 10.2 Å². The summed E-state index contributed by atoms with van der Waals surface area (Å²) in [7, 11) is 0.